The van der Waals surface area contributed by atoms with Crippen molar-refractivity contribution in [2.45, 2.75) is 52.0 Å². The molecule has 110 valence electrons. The van der Waals surface area contributed by atoms with E-state index in [4.69, 9.17) is 0 Å². The second-order valence-corrected chi connectivity index (χ2v) is 6.69. The molecule has 2 unspecified atom stereocenters. The summed E-state index contributed by atoms with van der Waals surface area (Å²) < 4.78 is 0. The number of amides is 1. The van der Waals surface area contributed by atoms with Crippen molar-refractivity contribution in [2.24, 2.45) is 5.41 Å². The fourth-order valence-corrected chi connectivity index (χ4v) is 3.33. The number of hydrogen-bond donors (Lipinski definition) is 2. The van der Waals surface area contributed by atoms with Crippen molar-refractivity contribution in [1.29, 1.82) is 0 Å². The number of carbonyl (C=O) groups excluding carboxylic acids is 1. The fourth-order valence-electron chi connectivity index (χ4n) is 2.72. The number of aliphatic carboxylic acids is 1. The Bertz CT molecular complexity index is 514. The first-order valence-corrected chi connectivity index (χ1v) is 7.73. The predicted octanol–water partition coefficient (Wildman–Crippen LogP) is 2.14. The number of aromatic nitrogens is 1. The van der Waals surface area contributed by atoms with Crippen molar-refractivity contribution >= 4 is 23.2 Å². The summed E-state index contributed by atoms with van der Waals surface area (Å²) in [4.78, 5) is 27.8. The Morgan fingerprint density at radius 1 is 1.55 bits per heavy atom. The maximum absolute atomic E-state index is 12.1. The lowest BCUT2D eigenvalue weighted by Crippen LogP contribution is -2.52. The molecule has 1 aromatic heterocycles. The van der Waals surface area contributed by atoms with Gasteiger partial charge in [-0.3, -0.25) is 9.59 Å². The van der Waals surface area contributed by atoms with E-state index in [0.29, 0.717) is 6.42 Å². The van der Waals surface area contributed by atoms with Gasteiger partial charge in [0, 0.05) is 11.4 Å². The van der Waals surface area contributed by atoms with Crippen molar-refractivity contribution in [3.63, 3.8) is 0 Å². The largest absolute Gasteiger partial charge is 0.481 e. The predicted molar refractivity (Wildman–Crippen MR) is 76.7 cm³/mol. The Hall–Kier alpha value is -1.43. The molecule has 2 rings (SSSR count). The third-order valence-electron chi connectivity index (χ3n) is 4.04. The molecule has 1 aromatic rings. The van der Waals surface area contributed by atoms with Crippen molar-refractivity contribution in [3.8, 4) is 0 Å². The Balaban J connectivity index is 2.00. The van der Waals surface area contributed by atoms with E-state index in [1.165, 1.54) is 11.3 Å². The molecule has 0 spiro atoms. The van der Waals surface area contributed by atoms with Crippen LogP contribution in [0.1, 0.15) is 43.3 Å². The summed E-state index contributed by atoms with van der Waals surface area (Å²) in [5.74, 6) is -0.971. The average molecular weight is 296 g/mol. The van der Waals surface area contributed by atoms with E-state index in [1.807, 2.05) is 12.3 Å². The molecule has 0 aliphatic heterocycles. The molecule has 1 heterocycles. The number of carboxylic acids is 1. The standard InChI is InChI=1S/C14H20N2O3S/c1-9-15-10(8-20-9)7-12(17)16-11-5-3-4-6-14(11,2)13(18)19/h8,11H,3-7H2,1-2H3,(H,16,17)(H,18,19). The zero-order valence-electron chi connectivity index (χ0n) is 11.8. The number of nitrogens with zero attached hydrogens (tertiary/aromatic N) is 1. The normalized spacial score (nSPS) is 26.2. The zero-order chi connectivity index (χ0) is 14.8. The van der Waals surface area contributed by atoms with Crippen LogP contribution >= 0.6 is 11.3 Å². The highest BCUT2D eigenvalue weighted by atomic mass is 32.1. The maximum atomic E-state index is 12.1. The highest BCUT2D eigenvalue weighted by molar-refractivity contribution is 7.09. The number of carboxylic acid groups (broad SMARTS) is 1. The van der Waals surface area contributed by atoms with E-state index in [2.05, 4.69) is 10.3 Å². The van der Waals surface area contributed by atoms with Gasteiger partial charge in [0.15, 0.2) is 0 Å². The van der Waals surface area contributed by atoms with Crippen LogP contribution in [0.15, 0.2) is 5.38 Å². The first-order valence-electron chi connectivity index (χ1n) is 6.85. The quantitative estimate of drug-likeness (QED) is 0.892. The van der Waals surface area contributed by atoms with Crippen LogP contribution in [0.4, 0.5) is 0 Å². The molecule has 0 radical (unpaired) electrons. The van der Waals surface area contributed by atoms with Crippen LogP contribution in [0.3, 0.4) is 0 Å². The van der Waals surface area contributed by atoms with Crippen molar-refractivity contribution < 1.29 is 14.7 Å². The van der Waals surface area contributed by atoms with Gasteiger partial charge in [-0.05, 0) is 26.7 Å². The topological polar surface area (TPSA) is 79.3 Å². The van der Waals surface area contributed by atoms with Gasteiger partial charge in [0.05, 0.1) is 22.5 Å². The highest BCUT2D eigenvalue weighted by Gasteiger charge is 2.43. The number of hydrogen-bond acceptors (Lipinski definition) is 4. The molecule has 2 N–H and O–H groups in total. The molecule has 2 atom stereocenters. The minimum atomic E-state index is -0.855. The number of aryl methyl sites for hydroxylation is 1. The van der Waals surface area contributed by atoms with E-state index < -0.39 is 11.4 Å². The molecule has 1 amide bonds. The molecule has 1 fully saturated rings. The van der Waals surface area contributed by atoms with Crippen LogP contribution in [0.5, 0.6) is 0 Å². The Labute approximate surface area is 122 Å². The van der Waals surface area contributed by atoms with Crippen LogP contribution in [0.25, 0.3) is 0 Å². The molecule has 0 bridgehead atoms. The van der Waals surface area contributed by atoms with E-state index in [0.717, 1.165) is 30.0 Å². The summed E-state index contributed by atoms with van der Waals surface area (Å²) in [5.41, 5.74) is -0.107. The SMILES string of the molecule is Cc1nc(CC(=O)NC2CCCCC2(C)C(=O)O)cs1. The molecule has 5 nitrogen and oxygen atoms in total. The summed E-state index contributed by atoms with van der Waals surface area (Å²) in [6.07, 6.45) is 3.42. The van der Waals surface area contributed by atoms with Gasteiger partial charge in [-0.2, -0.15) is 0 Å². The molecule has 1 saturated carbocycles. The number of rotatable bonds is 4. The van der Waals surface area contributed by atoms with Gasteiger partial charge in [0.2, 0.25) is 5.91 Å². The van der Waals surface area contributed by atoms with E-state index >= 15 is 0 Å². The third kappa shape index (κ3) is 3.17. The van der Waals surface area contributed by atoms with E-state index in [1.54, 1.807) is 6.92 Å². The third-order valence-corrected chi connectivity index (χ3v) is 4.86. The van der Waals surface area contributed by atoms with Gasteiger partial charge in [0.25, 0.3) is 0 Å². The average Bonchev–Trinajstić information content (AvgIpc) is 2.77. The van der Waals surface area contributed by atoms with Crippen molar-refractivity contribution in [2.75, 3.05) is 0 Å². The summed E-state index contributed by atoms with van der Waals surface area (Å²) in [7, 11) is 0. The van der Waals surface area contributed by atoms with Crippen molar-refractivity contribution in [1.82, 2.24) is 10.3 Å². The molecule has 1 aliphatic rings. The summed E-state index contributed by atoms with van der Waals surface area (Å²) in [5, 5.41) is 15.1. The molecular formula is C14H20N2O3S. The second kappa shape index (κ2) is 5.91. The van der Waals surface area contributed by atoms with Crippen LogP contribution in [0.2, 0.25) is 0 Å². The van der Waals surface area contributed by atoms with Gasteiger partial charge < -0.3 is 10.4 Å². The van der Waals surface area contributed by atoms with E-state index in [9.17, 15) is 14.7 Å². The molecule has 1 aliphatic carbocycles. The zero-order valence-corrected chi connectivity index (χ0v) is 12.6. The number of nitrogens with one attached hydrogen (secondary N) is 1. The van der Waals surface area contributed by atoms with E-state index in [-0.39, 0.29) is 18.4 Å². The lowest BCUT2D eigenvalue weighted by molar-refractivity contribution is -0.152. The molecule has 6 heteroatoms. The lowest BCUT2D eigenvalue weighted by Gasteiger charge is -2.38. The Kier molecular flexibility index (Phi) is 4.42. The van der Waals surface area contributed by atoms with Crippen molar-refractivity contribution in [3.05, 3.63) is 16.1 Å². The monoisotopic (exact) mass is 296 g/mol. The second-order valence-electron chi connectivity index (χ2n) is 5.62. The van der Waals surface area contributed by atoms with Gasteiger partial charge in [-0.25, -0.2) is 4.98 Å². The first kappa shape index (κ1) is 15.0. The van der Waals surface area contributed by atoms with Crippen LogP contribution in [0, 0.1) is 12.3 Å². The lowest BCUT2D eigenvalue weighted by atomic mass is 9.71. The maximum Gasteiger partial charge on any atom is 0.311 e. The number of carbonyl (C=O) groups is 2. The fraction of sp³-hybridized carbons (Fsp3) is 0.643. The minimum Gasteiger partial charge on any atom is -0.481 e. The molecule has 0 aromatic carbocycles. The molecule has 0 saturated heterocycles. The number of thiazole rings is 1. The summed E-state index contributed by atoms with van der Waals surface area (Å²) in [6, 6.07) is -0.291. The van der Waals surface area contributed by atoms with Gasteiger partial charge in [-0.1, -0.05) is 12.8 Å². The summed E-state index contributed by atoms with van der Waals surface area (Å²) in [6.45, 7) is 3.63. The summed E-state index contributed by atoms with van der Waals surface area (Å²) >= 11 is 1.51. The Morgan fingerprint density at radius 2 is 2.30 bits per heavy atom. The Morgan fingerprint density at radius 3 is 2.90 bits per heavy atom. The van der Waals surface area contributed by atoms with Gasteiger partial charge in [-0.15, -0.1) is 11.3 Å². The smallest absolute Gasteiger partial charge is 0.311 e. The van der Waals surface area contributed by atoms with Crippen LogP contribution < -0.4 is 5.32 Å². The van der Waals surface area contributed by atoms with Gasteiger partial charge in [0.1, 0.15) is 0 Å². The van der Waals surface area contributed by atoms with Crippen LogP contribution in [-0.4, -0.2) is 28.0 Å². The first-order chi connectivity index (χ1) is 9.41. The van der Waals surface area contributed by atoms with Gasteiger partial charge >= 0.3 is 5.97 Å². The van der Waals surface area contributed by atoms with Crippen LogP contribution in [-0.2, 0) is 16.0 Å². The highest BCUT2D eigenvalue weighted by Crippen LogP contribution is 2.36. The molecule has 20 heavy (non-hydrogen) atoms. The molecular weight excluding hydrogens is 276 g/mol. The minimum absolute atomic E-state index is 0.144.